The normalized spacial score (nSPS) is 20.9. The van der Waals surface area contributed by atoms with Crippen LogP contribution in [0, 0.1) is 0 Å². The third kappa shape index (κ3) is 5.24. The molecule has 2 N–H and O–H groups in total. The molecule has 2 heterocycles. The Morgan fingerprint density at radius 1 is 1.17 bits per heavy atom. The van der Waals surface area contributed by atoms with Crippen molar-refractivity contribution in [2.75, 3.05) is 43.0 Å². The number of hydrogen-bond donors (Lipinski definition) is 2. The summed E-state index contributed by atoms with van der Waals surface area (Å²) in [5.41, 5.74) is 2.01. The summed E-state index contributed by atoms with van der Waals surface area (Å²) in [6.45, 7) is 4.11. The van der Waals surface area contributed by atoms with E-state index in [4.69, 9.17) is 4.74 Å². The second kappa shape index (κ2) is 9.98. The molecule has 1 amide bonds. The molecular weight excluding hydrogens is 337 g/mol. The summed E-state index contributed by atoms with van der Waals surface area (Å²) in [7, 11) is 0. The van der Waals surface area contributed by atoms with E-state index in [-0.39, 0.29) is 30.7 Å². The van der Waals surface area contributed by atoms with Crippen molar-refractivity contribution in [3.05, 3.63) is 24.3 Å². The van der Waals surface area contributed by atoms with Gasteiger partial charge >= 0.3 is 0 Å². The van der Waals surface area contributed by atoms with Crippen molar-refractivity contribution in [3.8, 4) is 0 Å². The van der Waals surface area contributed by atoms with Gasteiger partial charge in [0.25, 0.3) is 5.91 Å². The van der Waals surface area contributed by atoms with Gasteiger partial charge in [-0.25, -0.2) is 0 Å². The zero-order valence-electron chi connectivity index (χ0n) is 13.1. The first-order chi connectivity index (χ1) is 10.3. The van der Waals surface area contributed by atoms with Crippen molar-refractivity contribution in [2.24, 2.45) is 0 Å². The van der Waals surface area contributed by atoms with Gasteiger partial charge in [-0.15, -0.1) is 24.8 Å². The highest BCUT2D eigenvalue weighted by Gasteiger charge is 2.23. The molecule has 0 spiro atoms. The van der Waals surface area contributed by atoms with E-state index in [1.54, 1.807) is 0 Å². The first-order valence-electron chi connectivity index (χ1n) is 7.82. The zero-order valence-corrected chi connectivity index (χ0v) is 14.8. The van der Waals surface area contributed by atoms with E-state index >= 15 is 0 Å². The number of benzene rings is 1. The number of carbonyl (C=O) groups excluding carboxylic acids is 1. The van der Waals surface area contributed by atoms with Gasteiger partial charge < -0.3 is 20.3 Å². The summed E-state index contributed by atoms with van der Waals surface area (Å²) in [4.78, 5) is 14.7. The molecule has 0 radical (unpaired) electrons. The number of nitrogens with zero attached hydrogens (tertiary/aromatic N) is 1. The number of hydrogen-bond acceptors (Lipinski definition) is 4. The average Bonchev–Trinajstić information content (AvgIpc) is 2.57. The van der Waals surface area contributed by atoms with Gasteiger partial charge in [0.2, 0.25) is 0 Å². The van der Waals surface area contributed by atoms with E-state index in [9.17, 15) is 4.79 Å². The van der Waals surface area contributed by atoms with E-state index in [0.29, 0.717) is 13.2 Å². The predicted octanol–water partition coefficient (Wildman–Crippen LogP) is 2.45. The molecule has 23 heavy (non-hydrogen) atoms. The smallest absolute Gasteiger partial charge is 0.254 e. The summed E-state index contributed by atoms with van der Waals surface area (Å²) >= 11 is 0. The number of morpholine rings is 1. The van der Waals surface area contributed by atoms with E-state index in [1.165, 1.54) is 19.3 Å². The minimum absolute atomic E-state index is 0. The summed E-state index contributed by atoms with van der Waals surface area (Å²) in [6, 6.07) is 8.04. The zero-order chi connectivity index (χ0) is 14.5. The lowest BCUT2D eigenvalue weighted by Gasteiger charge is -2.31. The number of anilines is 2. The quantitative estimate of drug-likeness (QED) is 0.867. The molecule has 7 heteroatoms. The van der Waals surface area contributed by atoms with E-state index in [2.05, 4.69) is 21.6 Å². The fraction of sp³-hybridized carbons (Fsp3) is 0.562. The molecular formula is C16H25Cl2N3O2. The first kappa shape index (κ1) is 20.0. The van der Waals surface area contributed by atoms with Crippen LogP contribution in [0.25, 0.3) is 0 Å². The minimum Gasteiger partial charge on any atom is -0.370 e. The van der Waals surface area contributed by atoms with Crippen LogP contribution >= 0.6 is 24.8 Å². The molecule has 3 rings (SSSR count). The highest BCUT2D eigenvalue weighted by molar-refractivity contribution is 5.97. The topological polar surface area (TPSA) is 53.6 Å². The standard InChI is InChI=1S/C16H23N3O2.2ClH/c20-16(15-12-17-8-11-21-15)18-13-6-2-3-7-14(13)19-9-4-1-5-10-19;;/h2-3,6-7,15,17H,1,4-5,8-12H2,(H,18,20);2*1H. The van der Waals surface area contributed by atoms with Crippen molar-refractivity contribution >= 4 is 42.1 Å². The Morgan fingerprint density at radius 3 is 2.61 bits per heavy atom. The largest absolute Gasteiger partial charge is 0.370 e. The second-order valence-corrected chi connectivity index (χ2v) is 5.62. The van der Waals surface area contributed by atoms with Crippen molar-refractivity contribution in [1.29, 1.82) is 0 Å². The van der Waals surface area contributed by atoms with Crippen LogP contribution in [0.3, 0.4) is 0 Å². The number of halogens is 2. The molecule has 2 aliphatic heterocycles. The maximum absolute atomic E-state index is 12.3. The number of piperidine rings is 1. The molecule has 0 aromatic heterocycles. The van der Waals surface area contributed by atoms with Crippen LogP contribution in [-0.4, -0.2) is 44.8 Å². The van der Waals surface area contributed by atoms with Crippen LogP contribution in [0.5, 0.6) is 0 Å². The van der Waals surface area contributed by atoms with Crippen molar-refractivity contribution in [2.45, 2.75) is 25.4 Å². The Hall–Kier alpha value is -1.01. The molecule has 2 fully saturated rings. The fourth-order valence-electron chi connectivity index (χ4n) is 2.94. The first-order valence-corrected chi connectivity index (χ1v) is 7.82. The molecule has 0 bridgehead atoms. The third-order valence-electron chi connectivity index (χ3n) is 4.08. The van der Waals surface area contributed by atoms with E-state index in [0.717, 1.165) is 31.0 Å². The van der Waals surface area contributed by atoms with Crippen LogP contribution in [0.2, 0.25) is 0 Å². The van der Waals surface area contributed by atoms with E-state index in [1.807, 2.05) is 18.2 Å². The van der Waals surface area contributed by atoms with Crippen molar-refractivity contribution in [3.63, 3.8) is 0 Å². The molecule has 0 saturated carbocycles. The number of rotatable bonds is 3. The lowest BCUT2D eigenvalue weighted by molar-refractivity contribution is -0.128. The summed E-state index contributed by atoms with van der Waals surface area (Å²) < 4.78 is 5.51. The maximum Gasteiger partial charge on any atom is 0.254 e. The van der Waals surface area contributed by atoms with Crippen LogP contribution in [0.4, 0.5) is 11.4 Å². The molecule has 5 nitrogen and oxygen atoms in total. The second-order valence-electron chi connectivity index (χ2n) is 5.62. The summed E-state index contributed by atoms with van der Waals surface area (Å²) in [6.07, 6.45) is 3.34. The third-order valence-corrected chi connectivity index (χ3v) is 4.08. The highest BCUT2D eigenvalue weighted by atomic mass is 35.5. The molecule has 0 aliphatic carbocycles. The molecule has 1 aromatic rings. The van der Waals surface area contributed by atoms with Gasteiger partial charge in [-0.2, -0.15) is 0 Å². The maximum atomic E-state index is 12.3. The lowest BCUT2D eigenvalue weighted by atomic mass is 10.1. The molecule has 1 unspecified atom stereocenters. The van der Waals surface area contributed by atoms with Crippen LogP contribution in [-0.2, 0) is 9.53 Å². The Kier molecular flexibility index (Phi) is 8.69. The number of amides is 1. The number of nitrogens with one attached hydrogen (secondary N) is 2. The average molecular weight is 362 g/mol. The van der Waals surface area contributed by atoms with Gasteiger partial charge in [0.1, 0.15) is 6.10 Å². The summed E-state index contributed by atoms with van der Waals surface area (Å²) in [5, 5.41) is 6.22. The Morgan fingerprint density at radius 2 is 1.91 bits per heavy atom. The molecule has 1 aromatic carbocycles. The minimum atomic E-state index is -0.395. The van der Waals surface area contributed by atoms with Gasteiger partial charge in [0.15, 0.2) is 0 Å². The molecule has 1 atom stereocenters. The fourth-order valence-corrected chi connectivity index (χ4v) is 2.94. The van der Waals surface area contributed by atoms with Gasteiger partial charge in [0.05, 0.1) is 18.0 Å². The van der Waals surface area contributed by atoms with E-state index < -0.39 is 6.10 Å². The monoisotopic (exact) mass is 361 g/mol. The number of carbonyl (C=O) groups is 1. The van der Waals surface area contributed by atoms with Gasteiger partial charge in [-0.1, -0.05) is 12.1 Å². The Bertz CT molecular complexity index is 490. The summed E-state index contributed by atoms with van der Waals surface area (Å²) in [5.74, 6) is -0.0633. The van der Waals surface area contributed by atoms with Crippen molar-refractivity contribution < 1.29 is 9.53 Å². The molecule has 2 aliphatic rings. The van der Waals surface area contributed by atoms with Crippen LogP contribution < -0.4 is 15.5 Å². The van der Waals surface area contributed by atoms with Gasteiger partial charge in [0, 0.05) is 26.2 Å². The highest BCUT2D eigenvalue weighted by Crippen LogP contribution is 2.28. The Labute approximate surface area is 150 Å². The molecule has 130 valence electrons. The predicted molar refractivity (Wildman–Crippen MR) is 98.2 cm³/mol. The SMILES string of the molecule is Cl.Cl.O=C(Nc1ccccc1N1CCCCC1)C1CNCCO1. The lowest BCUT2D eigenvalue weighted by Crippen LogP contribution is -2.45. The van der Waals surface area contributed by atoms with Crippen molar-refractivity contribution in [1.82, 2.24) is 5.32 Å². The molecule has 2 saturated heterocycles. The number of ether oxygens (including phenoxy) is 1. The Balaban J connectivity index is 0.00000132. The van der Waals surface area contributed by atoms with Gasteiger partial charge in [-0.3, -0.25) is 4.79 Å². The van der Waals surface area contributed by atoms with Gasteiger partial charge in [-0.05, 0) is 31.4 Å². The van der Waals surface area contributed by atoms with Crippen LogP contribution in [0.15, 0.2) is 24.3 Å². The number of para-hydroxylation sites is 2. The van der Waals surface area contributed by atoms with Crippen LogP contribution in [0.1, 0.15) is 19.3 Å².